The molecule has 1 heterocycles. The highest BCUT2D eigenvalue weighted by Crippen LogP contribution is 1.95. The third-order valence-corrected chi connectivity index (χ3v) is 0.598. The average Bonchev–Trinajstić information content (AvgIpc) is 1.86. The molecule has 0 saturated heterocycles. The van der Waals surface area contributed by atoms with Crippen molar-refractivity contribution in [3.05, 3.63) is 18.5 Å². The summed E-state index contributed by atoms with van der Waals surface area (Å²) in [6.07, 6.45) is 3.35. The number of aromatic nitrogens is 1. The van der Waals surface area contributed by atoms with Crippen LogP contribution in [0.1, 0.15) is 0 Å². The van der Waals surface area contributed by atoms with Gasteiger partial charge in [-0.3, -0.25) is 5.73 Å². The highest BCUT2D eigenvalue weighted by Gasteiger charge is 1.74. The quantitative estimate of drug-likeness (QED) is 0.482. The van der Waals surface area contributed by atoms with E-state index in [1.165, 1.54) is 0 Å². The molecule has 1 aromatic rings. The zero-order chi connectivity index (χ0) is 4.41. The van der Waals surface area contributed by atoms with Crippen LogP contribution in [0.15, 0.2) is 18.5 Å². The summed E-state index contributed by atoms with van der Waals surface area (Å²) < 4.78 is 0. The van der Waals surface area contributed by atoms with E-state index >= 15 is 0 Å². The molecule has 0 bridgehead atoms. The van der Waals surface area contributed by atoms with Crippen LogP contribution in [0, 0.1) is 0 Å². The Kier molecular flexibility index (Phi) is 0.572. The first-order chi connectivity index (χ1) is 2.89. The van der Waals surface area contributed by atoms with Crippen LogP contribution in [-0.4, -0.2) is 4.98 Å². The van der Waals surface area contributed by atoms with Crippen molar-refractivity contribution in [3.63, 3.8) is 0 Å². The standard InChI is InChI=1S/C4H5N2/c5-4-1-2-6-3-4/h1-3,5-6H. The van der Waals surface area contributed by atoms with Gasteiger partial charge < -0.3 is 4.98 Å². The summed E-state index contributed by atoms with van der Waals surface area (Å²) in [4.78, 5) is 2.74. The zero-order valence-corrected chi connectivity index (χ0v) is 3.23. The van der Waals surface area contributed by atoms with Crippen molar-refractivity contribution < 1.29 is 0 Å². The van der Waals surface area contributed by atoms with Gasteiger partial charge in [-0.2, -0.15) is 0 Å². The minimum atomic E-state index is 0.537. The van der Waals surface area contributed by atoms with Crippen molar-refractivity contribution in [1.82, 2.24) is 10.7 Å². The predicted molar refractivity (Wildman–Crippen MR) is 23.5 cm³/mol. The largest absolute Gasteiger partial charge is 0.366 e. The number of H-pyrrole nitrogens is 1. The van der Waals surface area contributed by atoms with Crippen LogP contribution in [0.5, 0.6) is 0 Å². The summed E-state index contributed by atoms with van der Waals surface area (Å²) >= 11 is 0. The van der Waals surface area contributed by atoms with Crippen molar-refractivity contribution in [2.45, 2.75) is 0 Å². The molecule has 0 spiro atoms. The van der Waals surface area contributed by atoms with Gasteiger partial charge in [0, 0.05) is 12.4 Å². The lowest BCUT2D eigenvalue weighted by Gasteiger charge is -1.65. The third kappa shape index (κ3) is 0.360. The highest BCUT2D eigenvalue weighted by molar-refractivity contribution is 5.28. The van der Waals surface area contributed by atoms with E-state index in [-0.39, 0.29) is 0 Å². The Hall–Kier alpha value is -0.920. The van der Waals surface area contributed by atoms with Crippen LogP contribution in [0.2, 0.25) is 0 Å². The van der Waals surface area contributed by atoms with E-state index in [4.69, 9.17) is 5.73 Å². The van der Waals surface area contributed by atoms with Gasteiger partial charge in [-0.1, -0.05) is 0 Å². The van der Waals surface area contributed by atoms with Crippen molar-refractivity contribution in [1.29, 1.82) is 0 Å². The zero-order valence-electron chi connectivity index (χ0n) is 3.23. The maximum Gasteiger partial charge on any atom is 0.0714 e. The van der Waals surface area contributed by atoms with Crippen molar-refractivity contribution in [2.24, 2.45) is 0 Å². The van der Waals surface area contributed by atoms with Crippen LogP contribution in [0.25, 0.3) is 0 Å². The molecule has 0 saturated carbocycles. The predicted octanol–water partition coefficient (Wildman–Crippen LogP) is 0.929. The smallest absolute Gasteiger partial charge is 0.0714 e. The first-order valence-electron chi connectivity index (χ1n) is 1.74. The minimum Gasteiger partial charge on any atom is -0.366 e. The second-order valence-corrected chi connectivity index (χ2v) is 1.10. The number of aromatic amines is 1. The Labute approximate surface area is 36.0 Å². The lowest BCUT2D eigenvalue weighted by molar-refractivity contribution is 1.40. The Morgan fingerprint density at radius 2 is 2.50 bits per heavy atom. The molecule has 0 aliphatic carbocycles. The molecule has 1 radical (unpaired) electrons. The molecule has 0 fully saturated rings. The highest BCUT2D eigenvalue weighted by atomic mass is 14.7. The van der Waals surface area contributed by atoms with Gasteiger partial charge in [0.05, 0.1) is 5.69 Å². The fourth-order valence-corrected chi connectivity index (χ4v) is 0.324. The average molecular weight is 81.1 g/mol. The molecule has 0 aliphatic heterocycles. The van der Waals surface area contributed by atoms with E-state index in [0.717, 1.165) is 0 Å². The van der Waals surface area contributed by atoms with E-state index in [2.05, 4.69) is 4.98 Å². The summed E-state index contributed by atoms with van der Waals surface area (Å²) in [5, 5.41) is 0. The van der Waals surface area contributed by atoms with Crippen LogP contribution in [-0.2, 0) is 0 Å². The fraction of sp³-hybridized carbons (Fsp3) is 0. The van der Waals surface area contributed by atoms with Gasteiger partial charge in [0.15, 0.2) is 0 Å². The van der Waals surface area contributed by atoms with E-state index in [9.17, 15) is 0 Å². The molecule has 1 aromatic heterocycles. The molecule has 0 atom stereocenters. The van der Waals surface area contributed by atoms with Crippen LogP contribution >= 0.6 is 0 Å². The molecule has 6 heavy (non-hydrogen) atoms. The van der Waals surface area contributed by atoms with Crippen molar-refractivity contribution in [3.8, 4) is 0 Å². The molecule has 0 aromatic carbocycles. The number of hydrogen-bond acceptors (Lipinski definition) is 0. The fourth-order valence-electron chi connectivity index (χ4n) is 0.324. The van der Waals surface area contributed by atoms with Crippen LogP contribution in [0.4, 0.5) is 5.69 Å². The lowest BCUT2D eigenvalue weighted by atomic mass is 10.6. The molecule has 31 valence electrons. The first kappa shape index (κ1) is 3.28. The van der Waals surface area contributed by atoms with E-state index in [0.29, 0.717) is 5.69 Å². The van der Waals surface area contributed by atoms with Gasteiger partial charge in [-0.15, -0.1) is 0 Å². The molecular weight excluding hydrogens is 76.1 g/mol. The van der Waals surface area contributed by atoms with Crippen LogP contribution in [0.3, 0.4) is 0 Å². The monoisotopic (exact) mass is 81.0 g/mol. The SMILES string of the molecule is [NH]c1cc[nH]c1. The first-order valence-corrected chi connectivity index (χ1v) is 1.74. The maximum atomic E-state index is 6.84. The summed E-state index contributed by atoms with van der Waals surface area (Å²) in [7, 11) is 0. The molecule has 2 nitrogen and oxygen atoms in total. The summed E-state index contributed by atoms with van der Waals surface area (Å²) in [6, 6.07) is 1.69. The molecule has 2 N–H and O–H groups in total. The normalized spacial score (nSPS) is 8.67. The third-order valence-electron chi connectivity index (χ3n) is 0.598. The molecule has 2 heteroatoms. The molecule has 0 aliphatic rings. The second kappa shape index (κ2) is 1.05. The second-order valence-electron chi connectivity index (χ2n) is 1.10. The Balaban J connectivity index is 3.05. The maximum absolute atomic E-state index is 6.84. The van der Waals surface area contributed by atoms with E-state index < -0.39 is 0 Å². The van der Waals surface area contributed by atoms with Gasteiger partial charge in [0.25, 0.3) is 0 Å². The number of hydrogen-bond donors (Lipinski definition) is 1. The van der Waals surface area contributed by atoms with E-state index in [1.807, 2.05) is 0 Å². The van der Waals surface area contributed by atoms with Crippen molar-refractivity contribution >= 4 is 5.69 Å². The minimum absolute atomic E-state index is 0.537. The van der Waals surface area contributed by atoms with Gasteiger partial charge in [0.1, 0.15) is 0 Å². The van der Waals surface area contributed by atoms with Gasteiger partial charge in [-0.05, 0) is 6.07 Å². The molecule has 0 unspecified atom stereocenters. The molecule has 1 rings (SSSR count). The number of rotatable bonds is 0. The summed E-state index contributed by atoms with van der Waals surface area (Å²) in [5.41, 5.74) is 7.38. The van der Waals surface area contributed by atoms with Crippen molar-refractivity contribution in [2.75, 3.05) is 0 Å². The molecular formula is C4H5N2. The van der Waals surface area contributed by atoms with Gasteiger partial charge >= 0.3 is 0 Å². The van der Waals surface area contributed by atoms with E-state index in [1.54, 1.807) is 18.5 Å². The topological polar surface area (TPSA) is 39.6 Å². The Bertz CT molecular complexity index is 109. The Morgan fingerprint density at radius 3 is 2.67 bits per heavy atom. The van der Waals surface area contributed by atoms with Gasteiger partial charge in [-0.25, -0.2) is 0 Å². The molecule has 0 amide bonds. The summed E-state index contributed by atoms with van der Waals surface area (Å²) in [5.74, 6) is 0. The summed E-state index contributed by atoms with van der Waals surface area (Å²) in [6.45, 7) is 0. The van der Waals surface area contributed by atoms with Crippen LogP contribution < -0.4 is 5.73 Å². The number of nitrogens with one attached hydrogen (secondary N) is 2. The lowest BCUT2D eigenvalue weighted by Crippen LogP contribution is -1.51. The van der Waals surface area contributed by atoms with Gasteiger partial charge in [0.2, 0.25) is 0 Å². The Morgan fingerprint density at radius 1 is 1.67 bits per heavy atom.